The van der Waals surface area contributed by atoms with Gasteiger partial charge in [-0.3, -0.25) is 14.5 Å². The smallest absolute Gasteiger partial charge is 0.325 e. The van der Waals surface area contributed by atoms with Gasteiger partial charge in [0.25, 0.3) is 5.91 Å². The Bertz CT molecular complexity index is 1200. The normalized spacial score (nSPS) is 24.8. The molecule has 3 heterocycles. The molecule has 6 rings (SSSR count). The Morgan fingerprint density at radius 2 is 1.72 bits per heavy atom. The number of hydrogen-bond donors (Lipinski definition) is 1. The van der Waals surface area contributed by atoms with Gasteiger partial charge in [0, 0.05) is 45.1 Å². The highest BCUT2D eigenvalue weighted by Crippen LogP contribution is 2.38. The molecule has 3 aliphatic heterocycles. The van der Waals surface area contributed by atoms with E-state index in [0.29, 0.717) is 42.9 Å². The van der Waals surface area contributed by atoms with Crippen molar-refractivity contribution in [2.24, 2.45) is 11.8 Å². The SMILES string of the molecule is COc1ccc(CN2C(=O)NC3(CCN(C[C@H]4CN(C(=O)CC5CC5)C[C@@H]4c4ccccc4)CC3)C2=O)cc1. The number of benzene rings is 2. The van der Waals surface area contributed by atoms with Crippen LogP contribution in [0.15, 0.2) is 54.6 Å². The first-order chi connectivity index (χ1) is 18.9. The van der Waals surface area contributed by atoms with Crippen LogP contribution >= 0.6 is 0 Å². The number of amides is 4. The van der Waals surface area contributed by atoms with Crippen LogP contribution in [-0.4, -0.2) is 77.9 Å². The van der Waals surface area contributed by atoms with Crippen molar-refractivity contribution in [1.82, 2.24) is 20.0 Å². The summed E-state index contributed by atoms with van der Waals surface area (Å²) in [6.07, 6.45) is 4.27. The zero-order valence-corrected chi connectivity index (χ0v) is 22.7. The van der Waals surface area contributed by atoms with Gasteiger partial charge in [0.15, 0.2) is 0 Å². The topological polar surface area (TPSA) is 82.2 Å². The molecule has 1 saturated carbocycles. The third-order valence-electron chi connectivity index (χ3n) is 9.13. The molecule has 2 atom stereocenters. The van der Waals surface area contributed by atoms with Crippen LogP contribution in [0.4, 0.5) is 4.79 Å². The van der Waals surface area contributed by atoms with Gasteiger partial charge in [0.2, 0.25) is 5.91 Å². The Morgan fingerprint density at radius 1 is 1.00 bits per heavy atom. The molecule has 4 aliphatic rings. The number of hydrogen-bond acceptors (Lipinski definition) is 5. The summed E-state index contributed by atoms with van der Waals surface area (Å²) in [6, 6.07) is 17.7. The van der Waals surface area contributed by atoms with Crippen LogP contribution in [0, 0.1) is 11.8 Å². The minimum atomic E-state index is -0.819. The number of urea groups is 1. The highest BCUT2D eigenvalue weighted by atomic mass is 16.5. The predicted molar refractivity (Wildman–Crippen MR) is 147 cm³/mol. The van der Waals surface area contributed by atoms with Crippen LogP contribution in [-0.2, 0) is 16.1 Å². The van der Waals surface area contributed by atoms with E-state index in [9.17, 15) is 14.4 Å². The molecule has 0 unspecified atom stereocenters. The van der Waals surface area contributed by atoms with E-state index in [1.54, 1.807) is 7.11 Å². The van der Waals surface area contributed by atoms with E-state index in [1.165, 1.54) is 23.3 Å². The molecule has 3 saturated heterocycles. The van der Waals surface area contributed by atoms with Gasteiger partial charge in [0.1, 0.15) is 11.3 Å². The lowest BCUT2D eigenvalue weighted by Gasteiger charge is -2.38. The van der Waals surface area contributed by atoms with Gasteiger partial charge in [-0.05, 0) is 60.8 Å². The lowest BCUT2D eigenvalue weighted by atomic mass is 9.85. The second-order valence-electron chi connectivity index (χ2n) is 11.8. The summed E-state index contributed by atoms with van der Waals surface area (Å²) in [5.74, 6) is 2.18. The maximum absolute atomic E-state index is 13.5. The fourth-order valence-corrected chi connectivity index (χ4v) is 6.56. The number of ether oxygens (including phenoxy) is 1. The summed E-state index contributed by atoms with van der Waals surface area (Å²) >= 11 is 0. The predicted octanol–water partition coefficient (Wildman–Crippen LogP) is 3.62. The van der Waals surface area contributed by atoms with E-state index >= 15 is 0 Å². The zero-order valence-electron chi connectivity index (χ0n) is 22.7. The summed E-state index contributed by atoms with van der Waals surface area (Å²) in [5.41, 5.74) is 1.37. The average molecular weight is 531 g/mol. The molecule has 8 heteroatoms. The van der Waals surface area contributed by atoms with Crippen LogP contribution in [0.2, 0.25) is 0 Å². The van der Waals surface area contributed by atoms with E-state index in [1.807, 2.05) is 30.3 Å². The highest BCUT2D eigenvalue weighted by molar-refractivity contribution is 6.07. The number of rotatable bonds is 8. The van der Waals surface area contributed by atoms with Crippen LogP contribution in [0.25, 0.3) is 0 Å². The van der Waals surface area contributed by atoms with Crippen molar-refractivity contribution >= 4 is 17.8 Å². The fourth-order valence-electron chi connectivity index (χ4n) is 6.56. The number of imide groups is 1. The molecule has 2 aromatic carbocycles. The van der Waals surface area contributed by atoms with Gasteiger partial charge in [-0.2, -0.15) is 0 Å². The van der Waals surface area contributed by atoms with Gasteiger partial charge in [0.05, 0.1) is 13.7 Å². The Hall–Kier alpha value is -3.39. The Balaban J connectivity index is 1.08. The van der Waals surface area contributed by atoms with E-state index in [2.05, 4.69) is 39.4 Å². The number of methoxy groups -OCH3 is 1. The lowest BCUT2D eigenvalue weighted by molar-refractivity contribution is -0.133. The quantitative estimate of drug-likeness (QED) is 0.528. The van der Waals surface area contributed by atoms with Crippen molar-refractivity contribution in [2.45, 2.75) is 50.1 Å². The van der Waals surface area contributed by atoms with Crippen LogP contribution in [0.5, 0.6) is 5.75 Å². The summed E-state index contributed by atoms with van der Waals surface area (Å²) in [4.78, 5) is 45.1. The number of likely N-dealkylation sites (tertiary alicyclic amines) is 2. The second-order valence-corrected chi connectivity index (χ2v) is 11.8. The van der Waals surface area contributed by atoms with Crippen LogP contribution < -0.4 is 10.1 Å². The fraction of sp³-hybridized carbons (Fsp3) is 0.516. The first-order valence-corrected chi connectivity index (χ1v) is 14.3. The second kappa shape index (κ2) is 10.6. The van der Waals surface area contributed by atoms with E-state index in [0.717, 1.165) is 44.0 Å². The summed E-state index contributed by atoms with van der Waals surface area (Å²) in [6.45, 7) is 4.21. The van der Waals surface area contributed by atoms with Crippen molar-refractivity contribution in [2.75, 3.05) is 39.8 Å². The Labute approximate surface area is 230 Å². The molecule has 2 aromatic rings. The number of nitrogens with one attached hydrogen (secondary N) is 1. The Kier molecular flexibility index (Phi) is 7.06. The van der Waals surface area contributed by atoms with Gasteiger partial charge in [-0.1, -0.05) is 42.5 Å². The van der Waals surface area contributed by atoms with Crippen LogP contribution in [0.3, 0.4) is 0 Å². The largest absolute Gasteiger partial charge is 0.497 e. The minimum Gasteiger partial charge on any atom is -0.497 e. The highest BCUT2D eigenvalue weighted by Gasteiger charge is 2.52. The number of carbonyl (C=O) groups is 3. The summed E-state index contributed by atoms with van der Waals surface area (Å²) < 4.78 is 5.21. The minimum absolute atomic E-state index is 0.122. The van der Waals surface area contributed by atoms with Crippen molar-refractivity contribution in [1.29, 1.82) is 0 Å². The maximum atomic E-state index is 13.5. The molecule has 1 spiro atoms. The van der Waals surface area contributed by atoms with Gasteiger partial charge in [-0.15, -0.1) is 0 Å². The van der Waals surface area contributed by atoms with Crippen molar-refractivity contribution in [3.8, 4) is 5.75 Å². The molecule has 4 fully saturated rings. The Morgan fingerprint density at radius 3 is 2.38 bits per heavy atom. The molecule has 8 nitrogen and oxygen atoms in total. The number of nitrogens with zero attached hydrogens (tertiary/aromatic N) is 3. The third-order valence-corrected chi connectivity index (χ3v) is 9.13. The molecule has 1 N–H and O–H groups in total. The number of carbonyl (C=O) groups excluding carboxylic acids is 3. The van der Waals surface area contributed by atoms with Gasteiger partial charge >= 0.3 is 6.03 Å². The van der Waals surface area contributed by atoms with Gasteiger partial charge < -0.3 is 19.9 Å². The maximum Gasteiger partial charge on any atom is 0.325 e. The molecule has 0 aromatic heterocycles. The monoisotopic (exact) mass is 530 g/mol. The molecule has 4 amide bonds. The zero-order chi connectivity index (χ0) is 27.0. The molecule has 0 bridgehead atoms. The van der Waals surface area contributed by atoms with Crippen LogP contribution in [0.1, 0.15) is 49.1 Å². The van der Waals surface area contributed by atoms with E-state index < -0.39 is 5.54 Å². The van der Waals surface area contributed by atoms with Crippen molar-refractivity contribution in [3.05, 3.63) is 65.7 Å². The standard InChI is InChI=1S/C31H38N4O4/c1-39-26-11-9-23(10-12-26)18-35-29(37)31(32-30(35)38)13-15-33(16-14-31)19-25-20-34(28(36)17-22-7-8-22)21-27(25)24-5-3-2-4-6-24/h2-6,9-12,22,25,27H,7-8,13-21H2,1H3,(H,32,38)/t25-,27+/m0/s1. The van der Waals surface area contributed by atoms with Crippen molar-refractivity contribution in [3.63, 3.8) is 0 Å². The summed E-state index contributed by atoms with van der Waals surface area (Å²) in [5, 5.41) is 3.04. The van der Waals surface area contributed by atoms with Gasteiger partial charge in [-0.25, -0.2) is 4.79 Å². The van der Waals surface area contributed by atoms with E-state index in [4.69, 9.17) is 4.74 Å². The molecular weight excluding hydrogens is 492 g/mol. The third kappa shape index (κ3) is 5.39. The molecular formula is C31H38N4O4. The molecule has 39 heavy (non-hydrogen) atoms. The van der Waals surface area contributed by atoms with Crippen molar-refractivity contribution < 1.29 is 19.1 Å². The van der Waals surface area contributed by atoms with E-state index in [-0.39, 0.29) is 18.5 Å². The first kappa shape index (κ1) is 25.9. The summed E-state index contributed by atoms with van der Waals surface area (Å²) in [7, 11) is 1.61. The molecule has 0 radical (unpaired) electrons. The number of piperidine rings is 1. The average Bonchev–Trinajstić information content (AvgIpc) is 3.63. The molecule has 1 aliphatic carbocycles. The molecule has 206 valence electrons. The first-order valence-electron chi connectivity index (χ1n) is 14.3. The lowest BCUT2D eigenvalue weighted by Crippen LogP contribution is -2.55.